The van der Waals surface area contributed by atoms with Crippen LogP contribution in [0, 0.1) is 0 Å². The van der Waals surface area contributed by atoms with E-state index in [1.807, 2.05) is 12.1 Å². The average Bonchev–Trinajstić information content (AvgIpc) is 2.97. The lowest BCUT2D eigenvalue weighted by Crippen LogP contribution is -2.38. The van der Waals surface area contributed by atoms with Gasteiger partial charge in [-0.15, -0.1) is 34.2 Å². The fraction of sp³-hybridized carbons (Fsp3) is 0.571. The molecule has 0 unspecified atom stereocenters. The first-order valence-electron chi connectivity index (χ1n) is 10.4. The van der Waals surface area contributed by atoms with Gasteiger partial charge in [-0.05, 0) is 43.9 Å². The fourth-order valence-electron chi connectivity index (χ4n) is 3.52. The summed E-state index contributed by atoms with van der Waals surface area (Å²) in [6, 6.07) is 6.00. The number of guanidine groups is 1. The molecule has 0 amide bonds. The van der Waals surface area contributed by atoms with E-state index in [1.165, 1.54) is 24.8 Å². The SMILES string of the molecule is CCNC(=NCc1nnc2n1CCCCC2)NCCc1ccc(OC)c(OC)c1.I. The monoisotopic (exact) mass is 528 g/mol. The first kappa shape index (κ1) is 24.2. The number of hydrogen-bond acceptors (Lipinski definition) is 5. The number of methoxy groups -OCH3 is 2. The van der Waals surface area contributed by atoms with Crippen LogP contribution in [0.2, 0.25) is 0 Å². The average molecular weight is 528 g/mol. The van der Waals surface area contributed by atoms with E-state index in [0.717, 1.165) is 61.6 Å². The zero-order valence-corrected chi connectivity index (χ0v) is 20.4. The molecule has 9 heteroatoms. The highest BCUT2D eigenvalue weighted by molar-refractivity contribution is 14.0. The third-order valence-corrected chi connectivity index (χ3v) is 5.06. The van der Waals surface area contributed by atoms with Gasteiger partial charge in [0.25, 0.3) is 0 Å². The second kappa shape index (κ2) is 12.6. The van der Waals surface area contributed by atoms with Crippen LogP contribution in [-0.2, 0) is 25.9 Å². The molecule has 0 aliphatic carbocycles. The maximum Gasteiger partial charge on any atom is 0.191 e. The molecule has 2 aromatic rings. The summed E-state index contributed by atoms with van der Waals surface area (Å²) in [5.41, 5.74) is 1.17. The van der Waals surface area contributed by atoms with Crippen molar-refractivity contribution in [2.75, 3.05) is 27.3 Å². The second-order valence-electron chi connectivity index (χ2n) is 7.06. The number of nitrogens with one attached hydrogen (secondary N) is 2. The highest BCUT2D eigenvalue weighted by Gasteiger charge is 2.14. The second-order valence-corrected chi connectivity index (χ2v) is 7.06. The van der Waals surface area contributed by atoms with Crippen LogP contribution in [0.5, 0.6) is 11.5 Å². The molecule has 0 radical (unpaired) electrons. The van der Waals surface area contributed by atoms with E-state index in [2.05, 4.69) is 38.4 Å². The van der Waals surface area contributed by atoms with Gasteiger partial charge in [-0.2, -0.15) is 0 Å². The Labute approximate surface area is 195 Å². The van der Waals surface area contributed by atoms with Crippen LogP contribution in [0.1, 0.15) is 43.4 Å². The number of ether oxygens (including phenoxy) is 2. The van der Waals surface area contributed by atoms with Crippen LogP contribution >= 0.6 is 24.0 Å². The van der Waals surface area contributed by atoms with Crippen molar-refractivity contribution in [2.45, 2.75) is 52.1 Å². The molecule has 2 heterocycles. The standard InChI is InChI=1S/C21H32N6O2.HI/c1-4-22-21(23-12-11-16-9-10-17(28-2)18(14-16)29-3)24-15-20-26-25-19-8-6-5-7-13-27(19)20;/h9-10,14H,4-8,11-13,15H2,1-3H3,(H2,22,23,24);1H. The molecule has 0 bridgehead atoms. The minimum absolute atomic E-state index is 0. The van der Waals surface area contributed by atoms with Crippen LogP contribution < -0.4 is 20.1 Å². The molecule has 1 aliphatic rings. The van der Waals surface area contributed by atoms with Gasteiger partial charge in [-0.1, -0.05) is 12.5 Å². The van der Waals surface area contributed by atoms with Gasteiger partial charge in [0, 0.05) is 26.1 Å². The molecular formula is C21H33IN6O2. The third kappa shape index (κ3) is 6.48. The molecule has 8 nitrogen and oxygen atoms in total. The van der Waals surface area contributed by atoms with Crippen LogP contribution in [0.3, 0.4) is 0 Å². The number of rotatable bonds is 8. The van der Waals surface area contributed by atoms with E-state index in [0.29, 0.717) is 6.54 Å². The first-order chi connectivity index (χ1) is 14.2. The number of hydrogen-bond donors (Lipinski definition) is 2. The number of halogens is 1. The summed E-state index contributed by atoms with van der Waals surface area (Å²) in [4.78, 5) is 4.71. The van der Waals surface area contributed by atoms with E-state index in [9.17, 15) is 0 Å². The van der Waals surface area contributed by atoms with Crippen LogP contribution in [0.4, 0.5) is 0 Å². The summed E-state index contributed by atoms with van der Waals surface area (Å²) in [7, 11) is 3.30. The lowest BCUT2D eigenvalue weighted by atomic mass is 10.1. The lowest BCUT2D eigenvalue weighted by Gasteiger charge is -2.13. The maximum atomic E-state index is 5.38. The number of aliphatic imine (C=N–C) groups is 1. The van der Waals surface area contributed by atoms with E-state index in [-0.39, 0.29) is 24.0 Å². The van der Waals surface area contributed by atoms with Crippen molar-refractivity contribution in [2.24, 2.45) is 4.99 Å². The Morgan fingerprint density at radius 3 is 2.70 bits per heavy atom. The van der Waals surface area contributed by atoms with Gasteiger partial charge in [-0.3, -0.25) is 0 Å². The molecule has 3 rings (SSSR count). The van der Waals surface area contributed by atoms with Crippen molar-refractivity contribution in [3.05, 3.63) is 35.4 Å². The zero-order valence-electron chi connectivity index (χ0n) is 18.1. The Bertz CT molecular complexity index is 824. The van der Waals surface area contributed by atoms with Crippen molar-refractivity contribution < 1.29 is 9.47 Å². The van der Waals surface area contributed by atoms with Gasteiger partial charge in [0.2, 0.25) is 0 Å². The van der Waals surface area contributed by atoms with Crippen LogP contribution in [-0.4, -0.2) is 48.0 Å². The number of fused-ring (bicyclic) bond motifs is 1. The smallest absolute Gasteiger partial charge is 0.191 e. The summed E-state index contributed by atoms with van der Waals surface area (Å²) in [5, 5.41) is 15.4. The third-order valence-electron chi connectivity index (χ3n) is 5.06. The normalized spacial score (nSPS) is 13.6. The van der Waals surface area contributed by atoms with E-state index in [1.54, 1.807) is 14.2 Å². The number of aromatic nitrogens is 3. The minimum atomic E-state index is 0. The molecule has 2 N–H and O–H groups in total. The Hall–Kier alpha value is -2.04. The number of aryl methyl sites for hydroxylation is 1. The van der Waals surface area contributed by atoms with Gasteiger partial charge in [0.1, 0.15) is 12.4 Å². The fourth-order valence-corrected chi connectivity index (χ4v) is 3.52. The van der Waals surface area contributed by atoms with Crippen LogP contribution in [0.25, 0.3) is 0 Å². The molecule has 0 spiro atoms. The van der Waals surface area contributed by atoms with Crippen molar-refractivity contribution >= 4 is 29.9 Å². The number of benzene rings is 1. The molecule has 0 atom stereocenters. The van der Waals surface area contributed by atoms with Gasteiger partial charge in [-0.25, -0.2) is 4.99 Å². The summed E-state index contributed by atoms with van der Waals surface area (Å²) < 4.78 is 12.9. The first-order valence-corrected chi connectivity index (χ1v) is 10.4. The zero-order chi connectivity index (χ0) is 20.5. The largest absolute Gasteiger partial charge is 0.493 e. The molecule has 1 aliphatic heterocycles. The Balaban J connectivity index is 0.00000320. The quantitative estimate of drug-likeness (QED) is 0.312. The summed E-state index contributed by atoms with van der Waals surface area (Å²) in [6.45, 7) is 5.16. The van der Waals surface area contributed by atoms with E-state index < -0.39 is 0 Å². The van der Waals surface area contributed by atoms with Crippen molar-refractivity contribution in [3.8, 4) is 11.5 Å². The summed E-state index contributed by atoms with van der Waals surface area (Å²) >= 11 is 0. The molecule has 0 saturated heterocycles. The Morgan fingerprint density at radius 1 is 1.10 bits per heavy atom. The highest BCUT2D eigenvalue weighted by atomic mass is 127. The molecule has 1 aromatic carbocycles. The molecular weight excluding hydrogens is 495 g/mol. The molecule has 166 valence electrons. The summed E-state index contributed by atoms with van der Waals surface area (Å²) in [6.07, 6.45) is 5.50. The molecule has 0 fully saturated rings. The van der Waals surface area contributed by atoms with Gasteiger partial charge >= 0.3 is 0 Å². The topological polar surface area (TPSA) is 85.6 Å². The van der Waals surface area contributed by atoms with Crippen LogP contribution in [0.15, 0.2) is 23.2 Å². The highest BCUT2D eigenvalue weighted by Crippen LogP contribution is 2.27. The predicted octanol–water partition coefficient (Wildman–Crippen LogP) is 2.94. The van der Waals surface area contributed by atoms with Crippen molar-refractivity contribution in [3.63, 3.8) is 0 Å². The van der Waals surface area contributed by atoms with Gasteiger partial charge < -0.3 is 24.7 Å². The lowest BCUT2D eigenvalue weighted by molar-refractivity contribution is 0.354. The van der Waals surface area contributed by atoms with Crippen molar-refractivity contribution in [1.29, 1.82) is 0 Å². The Morgan fingerprint density at radius 2 is 1.93 bits per heavy atom. The van der Waals surface area contributed by atoms with Gasteiger partial charge in [0.15, 0.2) is 23.3 Å². The number of nitrogens with zero attached hydrogens (tertiary/aromatic N) is 4. The molecule has 30 heavy (non-hydrogen) atoms. The molecule has 1 aromatic heterocycles. The maximum absolute atomic E-state index is 5.38. The molecule has 0 saturated carbocycles. The minimum Gasteiger partial charge on any atom is -0.493 e. The van der Waals surface area contributed by atoms with E-state index in [4.69, 9.17) is 14.5 Å². The van der Waals surface area contributed by atoms with Gasteiger partial charge in [0.05, 0.1) is 14.2 Å². The Kier molecular flexibility index (Phi) is 10.2. The van der Waals surface area contributed by atoms with Crippen molar-refractivity contribution in [1.82, 2.24) is 25.4 Å². The summed E-state index contributed by atoms with van der Waals surface area (Å²) in [5.74, 6) is 4.32. The van der Waals surface area contributed by atoms with E-state index >= 15 is 0 Å². The predicted molar refractivity (Wildman–Crippen MR) is 129 cm³/mol.